The number of amides is 1. The Morgan fingerprint density at radius 3 is 2.81 bits per heavy atom. The zero-order chi connectivity index (χ0) is 18.8. The third-order valence-corrected chi connectivity index (χ3v) is 6.48. The van der Waals surface area contributed by atoms with Crippen LogP contribution in [0.1, 0.15) is 60.0 Å². The molecule has 1 aromatic carbocycles. The predicted octanol–water partition coefficient (Wildman–Crippen LogP) is 4.30. The Bertz CT molecular complexity index is 1070. The van der Waals surface area contributed by atoms with Crippen LogP contribution in [0.5, 0.6) is 0 Å². The SMILES string of the molecule is C[C@@H]1c2ccccc2CCN1C(=O)c1cc(C2(C)CC2)n2nc(Br)cc2n1. The van der Waals surface area contributed by atoms with Gasteiger partial charge in [0.25, 0.3) is 5.91 Å². The van der Waals surface area contributed by atoms with Crippen molar-refractivity contribution in [1.29, 1.82) is 0 Å². The lowest BCUT2D eigenvalue weighted by Crippen LogP contribution is -2.39. The fraction of sp³-hybridized carbons (Fsp3) is 0.381. The van der Waals surface area contributed by atoms with Gasteiger partial charge in [-0.25, -0.2) is 9.50 Å². The summed E-state index contributed by atoms with van der Waals surface area (Å²) in [5, 5.41) is 4.52. The van der Waals surface area contributed by atoms with Crippen molar-refractivity contribution in [3.63, 3.8) is 0 Å². The van der Waals surface area contributed by atoms with Crippen molar-refractivity contribution in [2.75, 3.05) is 6.54 Å². The monoisotopic (exact) mass is 424 g/mol. The topological polar surface area (TPSA) is 50.5 Å². The second-order valence-electron chi connectivity index (χ2n) is 7.95. The number of hydrogen-bond acceptors (Lipinski definition) is 3. The lowest BCUT2D eigenvalue weighted by molar-refractivity contribution is 0.0671. The standard InChI is InChI=1S/C21H21BrN4O/c1-13-15-6-4-3-5-14(15)7-10-25(13)20(27)16-11-17(21(2)8-9-21)26-19(23-16)12-18(22)24-26/h3-6,11-13H,7-10H2,1-2H3/t13-/m1/s1. The number of hydrogen-bond donors (Lipinski definition) is 0. The van der Waals surface area contributed by atoms with Gasteiger partial charge in [-0.2, -0.15) is 5.10 Å². The van der Waals surface area contributed by atoms with Crippen molar-refractivity contribution in [3.8, 4) is 0 Å². The maximum absolute atomic E-state index is 13.4. The highest BCUT2D eigenvalue weighted by Crippen LogP contribution is 2.47. The second kappa shape index (κ2) is 5.89. The number of rotatable bonds is 2. The number of halogens is 1. The molecule has 0 N–H and O–H groups in total. The van der Waals surface area contributed by atoms with Gasteiger partial charge in [0.2, 0.25) is 0 Å². The van der Waals surface area contributed by atoms with Gasteiger partial charge in [-0.1, -0.05) is 31.2 Å². The molecule has 2 aromatic heterocycles. The smallest absolute Gasteiger partial charge is 0.273 e. The van der Waals surface area contributed by atoms with Crippen LogP contribution < -0.4 is 0 Å². The maximum Gasteiger partial charge on any atom is 0.273 e. The molecule has 5 nitrogen and oxygen atoms in total. The van der Waals surface area contributed by atoms with Crippen molar-refractivity contribution in [2.24, 2.45) is 0 Å². The fourth-order valence-electron chi connectivity index (χ4n) is 4.13. The van der Waals surface area contributed by atoms with Gasteiger partial charge < -0.3 is 4.90 Å². The number of aromatic nitrogens is 3. The summed E-state index contributed by atoms with van der Waals surface area (Å²) in [6, 6.07) is 12.3. The molecule has 138 valence electrons. The molecule has 1 atom stereocenters. The van der Waals surface area contributed by atoms with E-state index in [9.17, 15) is 4.79 Å². The molecule has 0 radical (unpaired) electrons. The van der Waals surface area contributed by atoms with Crippen LogP contribution in [-0.2, 0) is 11.8 Å². The molecule has 3 heterocycles. The fourth-order valence-corrected chi connectivity index (χ4v) is 4.49. The van der Waals surface area contributed by atoms with Crippen molar-refractivity contribution >= 4 is 27.5 Å². The molecule has 2 aliphatic rings. The van der Waals surface area contributed by atoms with Crippen molar-refractivity contribution in [3.05, 3.63) is 63.5 Å². The van der Waals surface area contributed by atoms with Gasteiger partial charge in [0.1, 0.15) is 10.3 Å². The number of benzene rings is 1. The summed E-state index contributed by atoms with van der Waals surface area (Å²) in [6.07, 6.45) is 3.12. The van der Waals surface area contributed by atoms with E-state index in [2.05, 4.69) is 58.1 Å². The van der Waals surface area contributed by atoms with Crippen LogP contribution in [0, 0.1) is 0 Å². The summed E-state index contributed by atoms with van der Waals surface area (Å²) in [7, 11) is 0. The first kappa shape index (κ1) is 16.9. The first-order valence-corrected chi connectivity index (χ1v) is 10.2. The number of carbonyl (C=O) groups is 1. The van der Waals surface area contributed by atoms with Crippen LogP contribution in [0.4, 0.5) is 0 Å². The molecule has 1 saturated carbocycles. The highest BCUT2D eigenvalue weighted by Gasteiger charge is 2.42. The Labute approximate surface area is 166 Å². The van der Waals surface area contributed by atoms with Crippen molar-refractivity contribution < 1.29 is 4.79 Å². The minimum absolute atomic E-state index is 0.00215. The zero-order valence-electron chi connectivity index (χ0n) is 15.4. The van der Waals surface area contributed by atoms with E-state index in [1.807, 2.05) is 27.6 Å². The summed E-state index contributed by atoms with van der Waals surface area (Å²) >= 11 is 3.44. The Balaban J connectivity index is 1.57. The molecule has 0 spiro atoms. The molecular formula is C21H21BrN4O. The van der Waals surface area contributed by atoms with E-state index >= 15 is 0 Å². The number of nitrogens with zero attached hydrogens (tertiary/aromatic N) is 4. The molecule has 1 fully saturated rings. The summed E-state index contributed by atoms with van der Waals surface area (Å²) in [5.74, 6) is 0.00215. The van der Waals surface area contributed by atoms with Crippen LogP contribution in [0.15, 0.2) is 41.0 Å². The second-order valence-corrected chi connectivity index (χ2v) is 8.76. The molecule has 0 bridgehead atoms. The van der Waals surface area contributed by atoms with Gasteiger partial charge in [0.05, 0.1) is 11.7 Å². The maximum atomic E-state index is 13.4. The number of fused-ring (bicyclic) bond motifs is 2. The average molecular weight is 425 g/mol. The van der Waals surface area contributed by atoms with Crippen molar-refractivity contribution in [2.45, 2.75) is 44.6 Å². The van der Waals surface area contributed by atoms with Crippen LogP contribution in [0.25, 0.3) is 5.65 Å². The van der Waals surface area contributed by atoms with Crippen LogP contribution in [-0.4, -0.2) is 31.9 Å². The molecule has 1 aliphatic carbocycles. The van der Waals surface area contributed by atoms with E-state index in [4.69, 9.17) is 0 Å². The van der Waals surface area contributed by atoms with Gasteiger partial charge in [0, 0.05) is 18.0 Å². The first-order valence-electron chi connectivity index (χ1n) is 9.42. The van der Waals surface area contributed by atoms with E-state index in [1.165, 1.54) is 11.1 Å². The summed E-state index contributed by atoms with van der Waals surface area (Å²) in [5.41, 5.74) is 4.97. The quantitative estimate of drug-likeness (QED) is 0.615. The van der Waals surface area contributed by atoms with Crippen LogP contribution in [0.2, 0.25) is 0 Å². The van der Waals surface area contributed by atoms with E-state index in [0.717, 1.165) is 41.8 Å². The van der Waals surface area contributed by atoms with Gasteiger partial charge >= 0.3 is 0 Å². The molecule has 1 amide bonds. The van der Waals surface area contributed by atoms with Crippen LogP contribution >= 0.6 is 15.9 Å². The summed E-state index contributed by atoms with van der Waals surface area (Å²) in [4.78, 5) is 20.0. The molecule has 0 unspecified atom stereocenters. The normalized spacial score (nSPS) is 20.6. The minimum atomic E-state index is 0.00215. The highest BCUT2D eigenvalue weighted by molar-refractivity contribution is 9.10. The summed E-state index contributed by atoms with van der Waals surface area (Å²) < 4.78 is 2.62. The lowest BCUT2D eigenvalue weighted by Gasteiger charge is -2.35. The molecule has 27 heavy (non-hydrogen) atoms. The minimum Gasteiger partial charge on any atom is -0.330 e. The molecule has 5 rings (SSSR count). The van der Waals surface area contributed by atoms with E-state index in [1.54, 1.807) is 0 Å². The van der Waals surface area contributed by atoms with Gasteiger partial charge in [0.15, 0.2) is 5.65 Å². The average Bonchev–Trinajstić information content (AvgIpc) is 3.29. The van der Waals surface area contributed by atoms with Crippen molar-refractivity contribution in [1.82, 2.24) is 19.5 Å². The van der Waals surface area contributed by atoms with Gasteiger partial charge in [-0.3, -0.25) is 4.79 Å². The summed E-state index contributed by atoms with van der Waals surface area (Å²) in [6.45, 7) is 5.05. The van der Waals surface area contributed by atoms with E-state index in [-0.39, 0.29) is 17.4 Å². The number of carbonyl (C=O) groups excluding carboxylic acids is 1. The molecule has 1 aliphatic heterocycles. The van der Waals surface area contributed by atoms with Gasteiger partial charge in [-0.05, 0) is 59.3 Å². The molecule has 3 aromatic rings. The molecular weight excluding hydrogens is 404 g/mol. The third-order valence-electron chi connectivity index (χ3n) is 6.09. The van der Waals surface area contributed by atoms with Crippen LogP contribution in [0.3, 0.4) is 0 Å². The van der Waals surface area contributed by atoms with Gasteiger partial charge in [-0.15, -0.1) is 0 Å². The lowest BCUT2D eigenvalue weighted by atomic mass is 9.93. The zero-order valence-corrected chi connectivity index (χ0v) is 17.0. The first-order chi connectivity index (χ1) is 13.0. The molecule has 0 saturated heterocycles. The Morgan fingerprint density at radius 1 is 1.26 bits per heavy atom. The highest BCUT2D eigenvalue weighted by atomic mass is 79.9. The van der Waals surface area contributed by atoms with E-state index < -0.39 is 0 Å². The largest absolute Gasteiger partial charge is 0.330 e. The third kappa shape index (κ3) is 2.69. The molecule has 6 heteroatoms. The van der Waals surface area contributed by atoms with E-state index in [0.29, 0.717) is 5.69 Å². The Kier molecular flexibility index (Phi) is 3.69. The predicted molar refractivity (Wildman–Crippen MR) is 107 cm³/mol. The Hall–Kier alpha value is -2.21. The Morgan fingerprint density at radius 2 is 2.04 bits per heavy atom.